The maximum absolute atomic E-state index is 14.1. The van der Waals surface area contributed by atoms with E-state index in [4.69, 9.17) is 5.10 Å². The molecule has 8 heteroatoms. The van der Waals surface area contributed by atoms with Gasteiger partial charge in [-0.3, -0.25) is 4.79 Å². The van der Waals surface area contributed by atoms with Crippen molar-refractivity contribution in [2.24, 2.45) is 0 Å². The van der Waals surface area contributed by atoms with Crippen LogP contribution in [0, 0.1) is 12.7 Å². The molecule has 2 heterocycles. The van der Waals surface area contributed by atoms with Crippen LogP contribution in [0.15, 0.2) is 101 Å². The molecule has 0 saturated heterocycles. The second-order valence-electron chi connectivity index (χ2n) is 8.74. The molecule has 186 valence electrons. The highest BCUT2D eigenvalue weighted by molar-refractivity contribution is 7.98. The van der Waals surface area contributed by atoms with Crippen molar-refractivity contribution in [3.05, 3.63) is 119 Å². The molecule has 0 radical (unpaired) electrons. The number of aromatic nitrogens is 3. The summed E-state index contributed by atoms with van der Waals surface area (Å²) in [5.41, 5.74) is 4.60. The topological polar surface area (TPSA) is 71.8 Å². The first-order valence-electron chi connectivity index (χ1n) is 11.9. The third-order valence-electron chi connectivity index (χ3n) is 5.98. The molecule has 1 atom stereocenters. The molecule has 0 bridgehead atoms. The predicted molar refractivity (Wildman–Crippen MR) is 147 cm³/mol. The molecule has 2 N–H and O–H groups in total. The highest BCUT2D eigenvalue weighted by atomic mass is 32.2. The van der Waals surface area contributed by atoms with E-state index in [9.17, 15) is 9.18 Å². The normalized spacial score (nSPS) is 14.9. The Kier molecular flexibility index (Phi) is 7.18. The lowest BCUT2D eigenvalue weighted by Gasteiger charge is -2.26. The van der Waals surface area contributed by atoms with Gasteiger partial charge in [-0.15, -0.1) is 5.10 Å². The SMILES string of the molecule is CC1=C(C(=O)Nc2cccc(C)c2)C(/C=C/c2ccccc2)n2nc(SCc3ccccc3F)nc2N1. The average Bonchev–Trinajstić information content (AvgIpc) is 3.29. The Balaban J connectivity index is 1.46. The lowest BCUT2D eigenvalue weighted by Crippen LogP contribution is -2.30. The zero-order valence-electron chi connectivity index (χ0n) is 20.5. The minimum atomic E-state index is -0.489. The zero-order valence-corrected chi connectivity index (χ0v) is 21.3. The summed E-state index contributed by atoms with van der Waals surface area (Å²) in [7, 11) is 0. The molecule has 0 aliphatic carbocycles. The number of aryl methyl sites for hydroxylation is 1. The molecule has 37 heavy (non-hydrogen) atoms. The van der Waals surface area contributed by atoms with Gasteiger partial charge in [-0.1, -0.05) is 84.6 Å². The summed E-state index contributed by atoms with van der Waals surface area (Å²) in [6, 6.07) is 23.8. The van der Waals surface area contributed by atoms with Crippen molar-refractivity contribution in [2.45, 2.75) is 30.8 Å². The van der Waals surface area contributed by atoms with Gasteiger partial charge >= 0.3 is 0 Å². The molecule has 1 aromatic heterocycles. The Morgan fingerprint density at radius 3 is 2.65 bits per heavy atom. The van der Waals surface area contributed by atoms with Crippen molar-refractivity contribution in [3.63, 3.8) is 0 Å². The molecule has 1 aliphatic rings. The number of nitrogens with one attached hydrogen (secondary N) is 2. The smallest absolute Gasteiger partial charge is 0.255 e. The van der Waals surface area contributed by atoms with Crippen molar-refractivity contribution in [1.29, 1.82) is 0 Å². The molecular formula is C29H26FN5OS. The molecular weight excluding hydrogens is 485 g/mol. The van der Waals surface area contributed by atoms with E-state index in [1.807, 2.05) is 86.7 Å². The average molecular weight is 512 g/mol. The highest BCUT2D eigenvalue weighted by Crippen LogP contribution is 2.34. The molecule has 0 fully saturated rings. The van der Waals surface area contributed by atoms with Gasteiger partial charge in [-0.25, -0.2) is 9.07 Å². The number of nitrogens with zero attached hydrogens (tertiary/aromatic N) is 3. The fourth-order valence-electron chi connectivity index (χ4n) is 4.15. The van der Waals surface area contributed by atoms with E-state index in [2.05, 4.69) is 15.6 Å². The summed E-state index contributed by atoms with van der Waals surface area (Å²) in [4.78, 5) is 18.1. The van der Waals surface area contributed by atoms with Crippen molar-refractivity contribution >= 4 is 35.4 Å². The van der Waals surface area contributed by atoms with Crippen LogP contribution in [0.4, 0.5) is 16.0 Å². The predicted octanol–water partition coefficient (Wildman–Crippen LogP) is 6.61. The minimum Gasteiger partial charge on any atom is -0.328 e. The van der Waals surface area contributed by atoms with Gasteiger partial charge in [-0.2, -0.15) is 4.98 Å². The lowest BCUT2D eigenvalue weighted by atomic mass is 10.0. The van der Waals surface area contributed by atoms with E-state index >= 15 is 0 Å². The van der Waals surface area contributed by atoms with E-state index in [-0.39, 0.29) is 11.7 Å². The number of amides is 1. The number of benzene rings is 3. The Hall–Kier alpha value is -4.17. The fourth-order valence-corrected chi connectivity index (χ4v) is 4.97. The molecule has 0 saturated carbocycles. The number of allylic oxidation sites excluding steroid dienone is 2. The van der Waals surface area contributed by atoms with Gasteiger partial charge in [0.15, 0.2) is 0 Å². The van der Waals surface area contributed by atoms with Crippen LogP contribution in [0.25, 0.3) is 6.08 Å². The van der Waals surface area contributed by atoms with E-state index in [1.165, 1.54) is 17.8 Å². The number of rotatable bonds is 7. The first kappa shape index (κ1) is 24.5. The quantitative estimate of drug-likeness (QED) is 0.273. The van der Waals surface area contributed by atoms with Gasteiger partial charge in [0.05, 0.1) is 5.57 Å². The lowest BCUT2D eigenvalue weighted by molar-refractivity contribution is -0.113. The Labute approximate surface area is 219 Å². The fraction of sp³-hybridized carbons (Fsp3) is 0.138. The van der Waals surface area contributed by atoms with Gasteiger partial charge in [-0.05, 0) is 48.7 Å². The van der Waals surface area contributed by atoms with Gasteiger partial charge in [0.1, 0.15) is 11.9 Å². The summed E-state index contributed by atoms with van der Waals surface area (Å²) >= 11 is 1.35. The summed E-state index contributed by atoms with van der Waals surface area (Å²) in [6.07, 6.45) is 3.93. The van der Waals surface area contributed by atoms with Crippen LogP contribution >= 0.6 is 11.8 Å². The summed E-state index contributed by atoms with van der Waals surface area (Å²) in [5, 5.41) is 11.4. The highest BCUT2D eigenvalue weighted by Gasteiger charge is 2.31. The minimum absolute atomic E-state index is 0.222. The number of anilines is 2. The van der Waals surface area contributed by atoms with E-state index < -0.39 is 6.04 Å². The van der Waals surface area contributed by atoms with E-state index in [0.717, 1.165) is 16.8 Å². The third-order valence-corrected chi connectivity index (χ3v) is 6.87. The maximum Gasteiger partial charge on any atom is 0.255 e. The molecule has 6 nitrogen and oxygen atoms in total. The zero-order chi connectivity index (χ0) is 25.8. The molecule has 4 aromatic rings. The summed E-state index contributed by atoms with van der Waals surface area (Å²) in [5.74, 6) is 0.449. The second-order valence-corrected chi connectivity index (χ2v) is 9.69. The first-order valence-corrected chi connectivity index (χ1v) is 12.9. The standard InChI is InChI=1S/C29H26FN5OS/c1-19-9-8-13-23(17-19)32-27(36)26-20(2)31-28-33-29(37-18-22-12-6-7-14-24(22)30)34-35(28)25(26)16-15-21-10-4-3-5-11-21/h3-17,25H,18H2,1-2H3,(H,32,36)(H,31,33,34)/b16-15+. The Morgan fingerprint density at radius 2 is 1.86 bits per heavy atom. The molecule has 1 aliphatic heterocycles. The number of fused-ring (bicyclic) bond motifs is 1. The Bertz CT molecular complexity index is 1500. The molecule has 0 spiro atoms. The maximum atomic E-state index is 14.1. The number of hydrogen-bond donors (Lipinski definition) is 2. The van der Waals surface area contributed by atoms with Crippen LogP contribution in [-0.2, 0) is 10.5 Å². The molecule has 5 rings (SSSR count). The summed E-state index contributed by atoms with van der Waals surface area (Å²) in [6.45, 7) is 3.84. The van der Waals surface area contributed by atoms with Gasteiger partial charge in [0, 0.05) is 17.1 Å². The second kappa shape index (κ2) is 10.8. The third kappa shape index (κ3) is 5.65. The molecule has 3 aromatic carbocycles. The van der Waals surface area contributed by atoms with Crippen LogP contribution in [-0.4, -0.2) is 20.7 Å². The number of thioether (sulfide) groups is 1. The van der Waals surface area contributed by atoms with Crippen LogP contribution in [0.2, 0.25) is 0 Å². The van der Waals surface area contributed by atoms with Crippen molar-refractivity contribution in [2.75, 3.05) is 10.6 Å². The molecule has 1 amide bonds. The largest absolute Gasteiger partial charge is 0.328 e. The van der Waals surface area contributed by atoms with Crippen molar-refractivity contribution in [1.82, 2.24) is 14.8 Å². The van der Waals surface area contributed by atoms with E-state index in [0.29, 0.717) is 33.7 Å². The van der Waals surface area contributed by atoms with Crippen LogP contribution in [0.5, 0.6) is 0 Å². The van der Waals surface area contributed by atoms with Crippen LogP contribution in [0.3, 0.4) is 0 Å². The van der Waals surface area contributed by atoms with Gasteiger partial charge < -0.3 is 10.6 Å². The van der Waals surface area contributed by atoms with Crippen molar-refractivity contribution < 1.29 is 9.18 Å². The van der Waals surface area contributed by atoms with Gasteiger partial charge in [0.2, 0.25) is 11.1 Å². The van der Waals surface area contributed by atoms with Gasteiger partial charge in [0.25, 0.3) is 5.91 Å². The number of hydrogen-bond acceptors (Lipinski definition) is 5. The number of halogens is 1. The Morgan fingerprint density at radius 1 is 1.08 bits per heavy atom. The number of carbonyl (C=O) groups is 1. The van der Waals surface area contributed by atoms with Crippen molar-refractivity contribution in [3.8, 4) is 0 Å². The molecule has 1 unspecified atom stereocenters. The van der Waals surface area contributed by atoms with E-state index in [1.54, 1.807) is 16.8 Å². The van der Waals surface area contributed by atoms with Crippen LogP contribution < -0.4 is 10.6 Å². The first-order chi connectivity index (χ1) is 18.0. The summed E-state index contributed by atoms with van der Waals surface area (Å²) < 4.78 is 15.8. The number of carbonyl (C=O) groups excluding carboxylic acids is 1. The van der Waals surface area contributed by atoms with Crippen LogP contribution in [0.1, 0.15) is 29.7 Å². The monoisotopic (exact) mass is 511 g/mol.